The maximum atomic E-state index is 5.75. The largest absolute Gasteiger partial charge is 0.383 e. The molecular formula is C10H21NO2. The van der Waals surface area contributed by atoms with Gasteiger partial charge >= 0.3 is 0 Å². The quantitative estimate of drug-likeness (QED) is 0.705. The highest BCUT2D eigenvalue weighted by Gasteiger charge is 2.14. The summed E-state index contributed by atoms with van der Waals surface area (Å²) in [5, 5.41) is 0. The fourth-order valence-corrected chi connectivity index (χ4v) is 1.75. The molecule has 1 unspecified atom stereocenters. The second-order valence-corrected chi connectivity index (χ2v) is 3.81. The monoisotopic (exact) mass is 187 g/mol. The van der Waals surface area contributed by atoms with Gasteiger partial charge in [-0.2, -0.15) is 0 Å². The lowest BCUT2D eigenvalue weighted by molar-refractivity contribution is 0.00963. The van der Waals surface area contributed by atoms with E-state index in [0.717, 1.165) is 0 Å². The van der Waals surface area contributed by atoms with Crippen LogP contribution in [0.4, 0.5) is 0 Å². The first-order chi connectivity index (χ1) is 6.33. The Morgan fingerprint density at radius 3 is 2.54 bits per heavy atom. The Bertz CT molecular complexity index is 124. The number of methoxy groups -OCH3 is 1. The van der Waals surface area contributed by atoms with E-state index < -0.39 is 0 Å². The number of ether oxygens (including phenoxy) is 2. The number of nitrogens with two attached hydrogens (primary N) is 1. The van der Waals surface area contributed by atoms with Gasteiger partial charge in [-0.3, -0.25) is 0 Å². The van der Waals surface area contributed by atoms with E-state index >= 15 is 0 Å². The van der Waals surface area contributed by atoms with Gasteiger partial charge in [0.2, 0.25) is 0 Å². The summed E-state index contributed by atoms with van der Waals surface area (Å²) in [5.41, 5.74) is 5.75. The summed E-state index contributed by atoms with van der Waals surface area (Å²) in [4.78, 5) is 0. The summed E-state index contributed by atoms with van der Waals surface area (Å²) in [6, 6.07) is 0.0342. The first kappa shape index (κ1) is 11.0. The van der Waals surface area contributed by atoms with E-state index in [9.17, 15) is 0 Å². The Kier molecular flexibility index (Phi) is 5.35. The van der Waals surface area contributed by atoms with Gasteiger partial charge in [-0.05, 0) is 12.8 Å². The third-order valence-corrected chi connectivity index (χ3v) is 2.48. The number of rotatable bonds is 5. The summed E-state index contributed by atoms with van der Waals surface area (Å²) in [6.07, 6.45) is 6.86. The molecule has 1 rings (SSSR count). The van der Waals surface area contributed by atoms with Crippen LogP contribution >= 0.6 is 0 Å². The Morgan fingerprint density at radius 2 is 1.92 bits per heavy atom. The second-order valence-electron chi connectivity index (χ2n) is 3.81. The maximum absolute atomic E-state index is 5.75. The van der Waals surface area contributed by atoms with Crippen molar-refractivity contribution in [3.63, 3.8) is 0 Å². The van der Waals surface area contributed by atoms with E-state index in [1.807, 2.05) is 0 Å². The zero-order valence-electron chi connectivity index (χ0n) is 8.50. The molecule has 0 bridgehead atoms. The topological polar surface area (TPSA) is 44.5 Å². The highest BCUT2D eigenvalue weighted by atomic mass is 16.5. The van der Waals surface area contributed by atoms with Crippen LogP contribution in [0.3, 0.4) is 0 Å². The van der Waals surface area contributed by atoms with Crippen LogP contribution in [0, 0.1) is 0 Å². The Labute approximate surface area is 80.6 Å². The second kappa shape index (κ2) is 6.35. The SMILES string of the molecule is COCC(N)COC1CCCCC1. The average Bonchev–Trinajstić information content (AvgIpc) is 2.17. The summed E-state index contributed by atoms with van der Waals surface area (Å²) in [7, 11) is 1.67. The molecule has 0 heterocycles. The van der Waals surface area contributed by atoms with Crippen molar-refractivity contribution in [2.24, 2.45) is 5.73 Å². The van der Waals surface area contributed by atoms with Crippen LogP contribution < -0.4 is 5.73 Å². The van der Waals surface area contributed by atoms with Crippen LogP contribution in [0.15, 0.2) is 0 Å². The molecule has 1 fully saturated rings. The van der Waals surface area contributed by atoms with E-state index in [0.29, 0.717) is 19.3 Å². The predicted octanol–water partition coefficient (Wildman–Crippen LogP) is 1.31. The maximum Gasteiger partial charge on any atom is 0.0643 e. The summed E-state index contributed by atoms with van der Waals surface area (Å²) in [6.45, 7) is 1.23. The molecule has 0 aromatic heterocycles. The molecule has 1 aliphatic carbocycles. The van der Waals surface area contributed by atoms with Gasteiger partial charge in [-0.15, -0.1) is 0 Å². The van der Waals surface area contributed by atoms with Crippen LogP contribution in [0.25, 0.3) is 0 Å². The van der Waals surface area contributed by atoms with E-state index in [-0.39, 0.29) is 6.04 Å². The van der Waals surface area contributed by atoms with Crippen LogP contribution in [0.1, 0.15) is 32.1 Å². The standard InChI is InChI=1S/C10H21NO2/c1-12-7-9(11)8-13-10-5-3-2-4-6-10/h9-10H,2-8,11H2,1H3. The first-order valence-electron chi connectivity index (χ1n) is 5.19. The van der Waals surface area contributed by atoms with Gasteiger partial charge in [0.15, 0.2) is 0 Å². The van der Waals surface area contributed by atoms with Crippen LogP contribution in [-0.4, -0.2) is 32.5 Å². The van der Waals surface area contributed by atoms with Crippen molar-refractivity contribution in [2.75, 3.05) is 20.3 Å². The van der Waals surface area contributed by atoms with Crippen molar-refractivity contribution in [3.05, 3.63) is 0 Å². The lowest BCUT2D eigenvalue weighted by Crippen LogP contribution is -2.33. The van der Waals surface area contributed by atoms with Crippen molar-refractivity contribution in [1.29, 1.82) is 0 Å². The Morgan fingerprint density at radius 1 is 1.23 bits per heavy atom. The minimum atomic E-state index is 0.0342. The number of hydrogen-bond acceptors (Lipinski definition) is 3. The predicted molar refractivity (Wildman–Crippen MR) is 52.7 cm³/mol. The molecule has 78 valence electrons. The molecule has 0 aromatic rings. The van der Waals surface area contributed by atoms with E-state index in [1.165, 1.54) is 32.1 Å². The molecule has 13 heavy (non-hydrogen) atoms. The average molecular weight is 187 g/mol. The highest BCUT2D eigenvalue weighted by molar-refractivity contribution is 4.67. The van der Waals surface area contributed by atoms with Gasteiger partial charge < -0.3 is 15.2 Å². The fourth-order valence-electron chi connectivity index (χ4n) is 1.75. The summed E-state index contributed by atoms with van der Waals surface area (Å²) < 4.78 is 10.6. The minimum absolute atomic E-state index is 0.0342. The van der Waals surface area contributed by atoms with E-state index in [1.54, 1.807) is 7.11 Å². The zero-order valence-corrected chi connectivity index (χ0v) is 8.50. The molecule has 1 atom stereocenters. The number of hydrogen-bond donors (Lipinski definition) is 1. The molecule has 0 radical (unpaired) electrons. The third kappa shape index (κ3) is 4.60. The smallest absolute Gasteiger partial charge is 0.0643 e. The zero-order chi connectivity index (χ0) is 9.52. The van der Waals surface area contributed by atoms with E-state index in [2.05, 4.69) is 0 Å². The van der Waals surface area contributed by atoms with Gasteiger partial charge in [0, 0.05) is 7.11 Å². The van der Waals surface area contributed by atoms with Gasteiger partial charge in [0.05, 0.1) is 25.4 Å². The van der Waals surface area contributed by atoms with Crippen molar-refractivity contribution >= 4 is 0 Å². The molecule has 0 saturated heterocycles. The molecule has 2 N–H and O–H groups in total. The lowest BCUT2D eigenvalue weighted by Gasteiger charge is -2.23. The van der Waals surface area contributed by atoms with Crippen molar-refractivity contribution in [1.82, 2.24) is 0 Å². The molecule has 0 aromatic carbocycles. The van der Waals surface area contributed by atoms with Crippen molar-refractivity contribution < 1.29 is 9.47 Å². The molecule has 0 amide bonds. The first-order valence-corrected chi connectivity index (χ1v) is 5.19. The minimum Gasteiger partial charge on any atom is -0.383 e. The molecular weight excluding hydrogens is 166 g/mol. The fraction of sp³-hybridized carbons (Fsp3) is 1.00. The lowest BCUT2D eigenvalue weighted by atomic mass is 9.98. The van der Waals surface area contributed by atoms with Gasteiger partial charge in [0.1, 0.15) is 0 Å². The Balaban J connectivity index is 2.03. The van der Waals surface area contributed by atoms with Crippen molar-refractivity contribution in [3.8, 4) is 0 Å². The van der Waals surface area contributed by atoms with Gasteiger partial charge in [-0.25, -0.2) is 0 Å². The molecule has 1 saturated carbocycles. The van der Waals surface area contributed by atoms with E-state index in [4.69, 9.17) is 15.2 Å². The summed E-state index contributed by atoms with van der Waals surface area (Å²) >= 11 is 0. The van der Waals surface area contributed by atoms with Crippen LogP contribution in [0.5, 0.6) is 0 Å². The summed E-state index contributed by atoms with van der Waals surface area (Å²) in [5.74, 6) is 0. The van der Waals surface area contributed by atoms with Crippen molar-refractivity contribution in [2.45, 2.75) is 44.2 Å². The van der Waals surface area contributed by atoms with Crippen LogP contribution in [0.2, 0.25) is 0 Å². The Hall–Kier alpha value is -0.120. The molecule has 3 heteroatoms. The molecule has 3 nitrogen and oxygen atoms in total. The van der Waals surface area contributed by atoms with Crippen LogP contribution in [-0.2, 0) is 9.47 Å². The molecule has 1 aliphatic rings. The molecule has 0 spiro atoms. The highest BCUT2D eigenvalue weighted by Crippen LogP contribution is 2.20. The van der Waals surface area contributed by atoms with Gasteiger partial charge in [0.25, 0.3) is 0 Å². The third-order valence-electron chi connectivity index (χ3n) is 2.48. The van der Waals surface area contributed by atoms with Gasteiger partial charge in [-0.1, -0.05) is 19.3 Å². The molecule has 0 aliphatic heterocycles. The normalized spacial score (nSPS) is 21.7.